The standard InChI is InChI=1S/Be.Cd.Ti.Zn.2H/q+2;;;;2*-1. The molecule has 0 heterocycles. The van der Waals surface area contributed by atoms with Crippen LogP contribution in [0.2, 0.25) is 0 Å². The minimum atomic E-state index is 0. The smallest absolute Gasteiger partial charge is 1.00 e. The van der Waals surface area contributed by atoms with Gasteiger partial charge in [0.25, 0.3) is 0 Å². The average molecular weight is 237 g/mol. The van der Waals surface area contributed by atoms with E-state index in [1.54, 1.807) is 0 Å². The molecule has 0 saturated heterocycles. The van der Waals surface area contributed by atoms with Gasteiger partial charge in [0, 0.05) is 68.5 Å². The van der Waals surface area contributed by atoms with Crippen molar-refractivity contribution in [3.05, 3.63) is 0 Å². The zero-order chi connectivity index (χ0) is 0. The Bertz CT molecular complexity index is 13.5. The largest absolute Gasteiger partial charge is 2.00 e. The van der Waals surface area contributed by atoms with Crippen molar-refractivity contribution in [2.45, 2.75) is 0 Å². The molecular formula is H2BeCdTiZn. The van der Waals surface area contributed by atoms with Crippen LogP contribution in [0.15, 0.2) is 0 Å². The van der Waals surface area contributed by atoms with Crippen molar-refractivity contribution in [3.63, 3.8) is 0 Å². The van der Waals surface area contributed by atoms with Gasteiger partial charge in [-0.2, -0.15) is 0 Å². The molecule has 4 heavy (non-hydrogen) atoms. The molecule has 0 spiro atoms. The minimum absolute atomic E-state index is 0. The molecule has 0 aliphatic rings. The Kier molecular flexibility index (Phi) is 145. The fourth-order valence-corrected chi connectivity index (χ4v) is 0. The van der Waals surface area contributed by atoms with Crippen molar-refractivity contribution in [1.29, 1.82) is 0 Å². The SMILES string of the molecule is [Be+2].[Cd].[H-].[H-].[Ti].[Zn]. The Labute approximate surface area is 80.5 Å². The third-order valence-corrected chi connectivity index (χ3v) is 0. The van der Waals surface area contributed by atoms with Gasteiger partial charge >= 0.3 is 10.1 Å². The minimum Gasteiger partial charge on any atom is -1.00 e. The maximum atomic E-state index is 0. The first-order valence-corrected chi connectivity index (χ1v) is 0. The summed E-state index contributed by atoms with van der Waals surface area (Å²) in [6.07, 6.45) is 0. The van der Waals surface area contributed by atoms with Crippen molar-refractivity contribution >= 4 is 10.1 Å². The molecule has 0 fully saturated rings. The van der Waals surface area contributed by atoms with Gasteiger partial charge in [-0.15, -0.1) is 0 Å². The topological polar surface area (TPSA) is 0 Å². The van der Waals surface area contributed by atoms with E-state index in [2.05, 4.69) is 0 Å². The van der Waals surface area contributed by atoms with Gasteiger partial charge in [-0.25, -0.2) is 0 Å². The van der Waals surface area contributed by atoms with Gasteiger partial charge in [0.2, 0.25) is 0 Å². The van der Waals surface area contributed by atoms with Crippen LogP contribution in [0.5, 0.6) is 0 Å². The van der Waals surface area contributed by atoms with Crippen molar-refractivity contribution in [1.82, 2.24) is 0 Å². The molecular weight excluding hydrogens is 235 g/mol. The van der Waals surface area contributed by atoms with Gasteiger partial charge in [-0.3, -0.25) is 0 Å². The van der Waals surface area contributed by atoms with E-state index in [9.17, 15) is 0 Å². The molecule has 0 saturated carbocycles. The molecule has 0 aliphatic carbocycles. The first-order valence-electron chi connectivity index (χ1n) is 0. The Morgan fingerprint density at radius 2 is 1.25 bits per heavy atom. The van der Waals surface area contributed by atoms with E-state index >= 15 is 0 Å². The molecule has 0 amide bonds. The Morgan fingerprint density at radius 1 is 1.25 bits per heavy atom. The van der Waals surface area contributed by atoms with Crippen LogP contribution >= 0.6 is 0 Å². The summed E-state index contributed by atoms with van der Waals surface area (Å²) in [7, 11) is 0. The third-order valence-electron chi connectivity index (χ3n) is 0. The molecule has 0 unspecified atom stereocenters. The fraction of sp³-hybridized carbons (Fsp3) is 0. The maximum Gasteiger partial charge on any atom is 2.00 e. The monoisotopic (exact) mass is 237 g/mol. The van der Waals surface area contributed by atoms with E-state index in [-0.39, 0.29) is 81.5 Å². The van der Waals surface area contributed by atoms with Crippen LogP contribution in [-0.4, -0.2) is 10.1 Å². The van der Waals surface area contributed by atoms with Crippen LogP contribution in [-0.2, 0) is 68.5 Å². The van der Waals surface area contributed by atoms with E-state index in [0.717, 1.165) is 0 Å². The Hall–Kier alpha value is 2.43. The van der Waals surface area contributed by atoms with E-state index in [0.29, 0.717) is 0 Å². The van der Waals surface area contributed by atoms with Gasteiger partial charge in [0.15, 0.2) is 0 Å². The van der Waals surface area contributed by atoms with Crippen LogP contribution in [0.25, 0.3) is 0 Å². The average Bonchev–Trinajstić information content (AvgIpc) is 0. The molecule has 0 aromatic carbocycles. The summed E-state index contributed by atoms with van der Waals surface area (Å²) < 4.78 is 0. The van der Waals surface area contributed by atoms with Crippen LogP contribution in [0.3, 0.4) is 0 Å². The maximum absolute atomic E-state index is 0. The zero-order valence-corrected chi connectivity index (χ0v) is 11.2. The predicted molar refractivity (Wildman–Crippen MR) is 7.98 cm³/mol. The predicted octanol–water partition coefficient (Wildman–Crippen LogP) is -0.163. The van der Waals surface area contributed by atoms with Crippen LogP contribution in [0.4, 0.5) is 0 Å². The molecule has 0 aromatic rings. The number of rotatable bonds is 0. The molecule has 0 N–H and O–H groups in total. The third kappa shape index (κ3) is 8.83. The second kappa shape index (κ2) is 18.1. The zero-order valence-electron chi connectivity index (χ0n) is 4.62. The van der Waals surface area contributed by atoms with Crippen LogP contribution in [0, 0.1) is 0 Å². The summed E-state index contributed by atoms with van der Waals surface area (Å²) >= 11 is 0. The van der Waals surface area contributed by atoms with Gasteiger partial charge in [0.05, 0.1) is 0 Å². The van der Waals surface area contributed by atoms with E-state index in [1.807, 2.05) is 0 Å². The summed E-state index contributed by atoms with van der Waals surface area (Å²) in [6.45, 7) is 0. The van der Waals surface area contributed by atoms with E-state index < -0.39 is 0 Å². The van der Waals surface area contributed by atoms with Crippen LogP contribution in [0.1, 0.15) is 2.85 Å². The molecule has 0 bridgehead atoms. The molecule has 0 aliphatic heterocycles. The fourth-order valence-electron chi connectivity index (χ4n) is 0. The Morgan fingerprint density at radius 3 is 1.25 bits per heavy atom. The molecule has 0 aromatic heterocycles. The normalized spacial score (nSPS) is 0. The second-order valence-corrected chi connectivity index (χ2v) is 0. The first-order chi connectivity index (χ1) is 0. The molecule has 0 nitrogen and oxygen atoms in total. The Balaban J connectivity index is 0. The van der Waals surface area contributed by atoms with Crippen molar-refractivity contribution in [3.8, 4) is 0 Å². The van der Waals surface area contributed by atoms with Gasteiger partial charge in [-0.05, 0) is 0 Å². The second-order valence-electron chi connectivity index (χ2n) is 0. The summed E-state index contributed by atoms with van der Waals surface area (Å²) in [5.74, 6) is 0. The van der Waals surface area contributed by atoms with Gasteiger partial charge in [0.1, 0.15) is 0 Å². The molecule has 0 rings (SSSR count). The van der Waals surface area contributed by atoms with Gasteiger partial charge < -0.3 is 2.85 Å². The molecule has 4 heteroatoms. The summed E-state index contributed by atoms with van der Waals surface area (Å²) in [4.78, 5) is 0. The number of hydrogen-bond acceptors (Lipinski definition) is 0. The van der Waals surface area contributed by atoms with E-state index in [4.69, 9.17) is 0 Å². The quantitative estimate of drug-likeness (QED) is 0.513. The summed E-state index contributed by atoms with van der Waals surface area (Å²) in [6, 6.07) is 0. The summed E-state index contributed by atoms with van der Waals surface area (Å²) in [5.41, 5.74) is 0. The summed E-state index contributed by atoms with van der Waals surface area (Å²) in [5, 5.41) is 0. The van der Waals surface area contributed by atoms with Crippen molar-refractivity contribution in [2.24, 2.45) is 0 Å². The first kappa shape index (κ1) is 32.1. The van der Waals surface area contributed by atoms with Crippen molar-refractivity contribution in [2.75, 3.05) is 0 Å². The molecule has 12 valence electrons. The van der Waals surface area contributed by atoms with Crippen LogP contribution < -0.4 is 0 Å². The van der Waals surface area contributed by atoms with E-state index in [1.165, 1.54) is 0 Å². The molecule has 0 radical (unpaired) electrons. The van der Waals surface area contributed by atoms with Crippen molar-refractivity contribution < 1.29 is 71.3 Å². The van der Waals surface area contributed by atoms with Gasteiger partial charge in [-0.1, -0.05) is 0 Å². The number of hydrogen-bond donors (Lipinski definition) is 0. The molecule has 0 atom stereocenters.